The maximum absolute atomic E-state index is 5.82. The highest BCUT2D eigenvalue weighted by atomic mass is 32.2. The van der Waals surface area contributed by atoms with Crippen molar-refractivity contribution in [1.29, 1.82) is 0 Å². The van der Waals surface area contributed by atoms with Crippen molar-refractivity contribution in [3.8, 4) is 5.75 Å². The van der Waals surface area contributed by atoms with Gasteiger partial charge in [0.25, 0.3) is 0 Å². The normalized spacial score (nSPS) is 20.9. The van der Waals surface area contributed by atoms with E-state index >= 15 is 0 Å². The second kappa shape index (κ2) is 5.80. The molecule has 2 unspecified atom stereocenters. The third-order valence-electron chi connectivity index (χ3n) is 3.74. The van der Waals surface area contributed by atoms with Crippen LogP contribution in [0, 0.1) is 5.92 Å². The molecule has 2 atom stereocenters. The number of hydrogen-bond donors (Lipinski definition) is 1. The third-order valence-corrected chi connectivity index (χ3v) is 4.54. The quantitative estimate of drug-likeness (QED) is 0.833. The van der Waals surface area contributed by atoms with E-state index in [0.29, 0.717) is 12.0 Å². The molecule has 0 saturated carbocycles. The highest BCUT2D eigenvalue weighted by Gasteiger charge is 2.27. The molecule has 3 rings (SSSR count). The molecule has 104 valence electrons. The molecule has 0 amide bonds. The molecule has 2 nitrogen and oxygen atoms in total. The van der Waals surface area contributed by atoms with Crippen LogP contribution in [0.3, 0.4) is 0 Å². The fraction of sp³-hybridized carbons (Fsp3) is 0.294. The maximum Gasteiger partial charge on any atom is 0.124 e. The predicted octanol–water partition coefficient (Wildman–Crippen LogP) is 4.59. The summed E-state index contributed by atoms with van der Waals surface area (Å²) in [6.07, 6.45) is 2.11. The number of fused-ring (bicyclic) bond motifs is 1. The summed E-state index contributed by atoms with van der Waals surface area (Å²) >= 11 is 1.77. The van der Waals surface area contributed by atoms with E-state index in [1.165, 1.54) is 16.1 Å². The van der Waals surface area contributed by atoms with Gasteiger partial charge in [0.15, 0.2) is 0 Å². The van der Waals surface area contributed by atoms with E-state index in [0.717, 1.165) is 12.4 Å². The number of benzene rings is 2. The molecule has 0 radical (unpaired) electrons. The Labute approximate surface area is 124 Å². The molecule has 1 N–H and O–H groups in total. The summed E-state index contributed by atoms with van der Waals surface area (Å²) in [4.78, 5) is 1.28. The van der Waals surface area contributed by atoms with Gasteiger partial charge in [0, 0.05) is 22.1 Å². The maximum atomic E-state index is 5.82. The van der Waals surface area contributed by atoms with Crippen LogP contribution in [0.1, 0.15) is 18.5 Å². The van der Waals surface area contributed by atoms with Crippen molar-refractivity contribution in [2.75, 3.05) is 18.2 Å². The van der Waals surface area contributed by atoms with Gasteiger partial charge in [-0.3, -0.25) is 0 Å². The minimum absolute atomic E-state index is 0.299. The molecule has 0 saturated heterocycles. The summed E-state index contributed by atoms with van der Waals surface area (Å²) in [5, 5.41) is 3.71. The molecule has 0 spiro atoms. The lowest BCUT2D eigenvalue weighted by Crippen LogP contribution is -2.28. The van der Waals surface area contributed by atoms with Gasteiger partial charge in [-0.1, -0.05) is 37.3 Å². The van der Waals surface area contributed by atoms with Crippen LogP contribution in [0.5, 0.6) is 5.75 Å². The molecular weight excluding hydrogens is 266 g/mol. The number of nitrogens with one attached hydrogen (secondary N) is 1. The van der Waals surface area contributed by atoms with E-state index in [4.69, 9.17) is 4.74 Å². The lowest BCUT2D eigenvalue weighted by molar-refractivity contribution is 0.214. The van der Waals surface area contributed by atoms with E-state index in [2.05, 4.69) is 61.0 Å². The average molecular weight is 285 g/mol. The number of para-hydroxylation sites is 2. The van der Waals surface area contributed by atoms with Crippen molar-refractivity contribution in [3.63, 3.8) is 0 Å². The Bertz CT molecular complexity index is 599. The summed E-state index contributed by atoms with van der Waals surface area (Å²) in [6.45, 7) is 2.99. The van der Waals surface area contributed by atoms with Crippen LogP contribution in [0.25, 0.3) is 0 Å². The predicted molar refractivity (Wildman–Crippen MR) is 85.7 cm³/mol. The molecular formula is C17H19NOS. The van der Waals surface area contributed by atoms with Crippen LogP contribution in [0.15, 0.2) is 53.4 Å². The Morgan fingerprint density at radius 3 is 2.70 bits per heavy atom. The van der Waals surface area contributed by atoms with Crippen molar-refractivity contribution in [2.45, 2.75) is 17.9 Å². The highest BCUT2D eigenvalue weighted by Crippen LogP contribution is 2.38. The van der Waals surface area contributed by atoms with Crippen LogP contribution in [-0.2, 0) is 0 Å². The van der Waals surface area contributed by atoms with Gasteiger partial charge in [-0.25, -0.2) is 0 Å². The molecule has 0 bridgehead atoms. The molecule has 2 aromatic rings. The lowest BCUT2D eigenvalue weighted by atomic mass is 9.92. The van der Waals surface area contributed by atoms with Crippen LogP contribution in [0.4, 0.5) is 5.69 Å². The Morgan fingerprint density at radius 2 is 1.85 bits per heavy atom. The van der Waals surface area contributed by atoms with Crippen LogP contribution >= 0.6 is 11.8 Å². The van der Waals surface area contributed by atoms with Crippen LogP contribution < -0.4 is 10.1 Å². The molecule has 2 aromatic carbocycles. The number of rotatable bonds is 3. The highest BCUT2D eigenvalue weighted by molar-refractivity contribution is 7.98. The monoisotopic (exact) mass is 285 g/mol. The smallest absolute Gasteiger partial charge is 0.124 e. The van der Waals surface area contributed by atoms with E-state index < -0.39 is 0 Å². The van der Waals surface area contributed by atoms with Crippen LogP contribution in [-0.4, -0.2) is 12.9 Å². The van der Waals surface area contributed by atoms with Gasteiger partial charge in [0.05, 0.1) is 12.6 Å². The van der Waals surface area contributed by atoms with Gasteiger partial charge in [0.1, 0.15) is 5.75 Å². The Balaban J connectivity index is 1.94. The summed E-state index contributed by atoms with van der Waals surface area (Å²) < 4.78 is 5.82. The molecule has 1 aliphatic heterocycles. The third kappa shape index (κ3) is 2.50. The topological polar surface area (TPSA) is 21.3 Å². The van der Waals surface area contributed by atoms with E-state index in [1.54, 1.807) is 11.8 Å². The molecule has 3 heteroatoms. The Hall–Kier alpha value is -1.61. The number of hydrogen-bond acceptors (Lipinski definition) is 3. The van der Waals surface area contributed by atoms with Crippen LogP contribution in [0.2, 0.25) is 0 Å². The van der Waals surface area contributed by atoms with Crippen molar-refractivity contribution in [2.24, 2.45) is 5.92 Å². The molecule has 0 aromatic heterocycles. The lowest BCUT2D eigenvalue weighted by Gasteiger charge is -2.33. The molecule has 0 fully saturated rings. The minimum Gasteiger partial charge on any atom is -0.493 e. The average Bonchev–Trinajstić information content (AvgIpc) is 2.50. The van der Waals surface area contributed by atoms with E-state index in [9.17, 15) is 0 Å². The molecule has 20 heavy (non-hydrogen) atoms. The van der Waals surface area contributed by atoms with Gasteiger partial charge in [-0.2, -0.15) is 0 Å². The fourth-order valence-corrected chi connectivity index (χ4v) is 3.21. The van der Waals surface area contributed by atoms with Crippen molar-refractivity contribution in [1.82, 2.24) is 0 Å². The van der Waals surface area contributed by atoms with Crippen molar-refractivity contribution in [3.05, 3.63) is 54.1 Å². The van der Waals surface area contributed by atoms with Crippen molar-refractivity contribution >= 4 is 17.4 Å². The zero-order chi connectivity index (χ0) is 13.9. The van der Waals surface area contributed by atoms with E-state index in [1.807, 2.05) is 6.07 Å². The molecule has 1 heterocycles. The van der Waals surface area contributed by atoms with Crippen molar-refractivity contribution < 1.29 is 4.74 Å². The molecule has 0 aliphatic carbocycles. The minimum atomic E-state index is 0.299. The summed E-state index contributed by atoms with van der Waals surface area (Å²) in [5.74, 6) is 1.45. The standard InChI is InChI=1S/C17H19NOS/c1-12-11-19-15-9-5-3-7-13(15)17(12)18-14-8-4-6-10-16(14)20-2/h3-10,12,17-18H,11H2,1-2H3. The van der Waals surface area contributed by atoms with E-state index in [-0.39, 0.29) is 0 Å². The van der Waals surface area contributed by atoms with Gasteiger partial charge < -0.3 is 10.1 Å². The summed E-state index contributed by atoms with van der Waals surface area (Å²) in [6, 6.07) is 17.1. The van der Waals surface area contributed by atoms with Gasteiger partial charge in [0.2, 0.25) is 0 Å². The first-order chi connectivity index (χ1) is 9.79. The number of anilines is 1. The second-order valence-corrected chi connectivity index (χ2v) is 6.00. The largest absolute Gasteiger partial charge is 0.493 e. The first-order valence-electron chi connectivity index (χ1n) is 6.91. The van der Waals surface area contributed by atoms with Gasteiger partial charge in [-0.15, -0.1) is 11.8 Å². The Kier molecular flexibility index (Phi) is 3.88. The summed E-state index contributed by atoms with van der Waals surface area (Å²) in [7, 11) is 0. The zero-order valence-corrected chi connectivity index (χ0v) is 12.6. The SMILES string of the molecule is CSc1ccccc1NC1c2ccccc2OCC1C. The summed E-state index contributed by atoms with van der Waals surface area (Å²) in [5.41, 5.74) is 2.45. The first kappa shape index (κ1) is 13.4. The first-order valence-corrected chi connectivity index (χ1v) is 8.13. The molecule has 1 aliphatic rings. The second-order valence-electron chi connectivity index (χ2n) is 5.15. The van der Waals surface area contributed by atoms with Gasteiger partial charge in [-0.05, 0) is 24.5 Å². The number of thioether (sulfide) groups is 1. The van der Waals surface area contributed by atoms with Gasteiger partial charge >= 0.3 is 0 Å². The zero-order valence-electron chi connectivity index (χ0n) is 11.8. The fourth-order valence-electron chi connectivity index (χ4n) is 2.64. The number of ether oxygens (including phenoxy) is 1. The Morgan fingerprint density at radius 1 is 1.10 bits per heavy atom.